The molecule has 0 bridgehead atoms. The van der Waals surface area contributed by atoms with Crippen LogP contribution in [0.15, 0.2) is 34.2 Å². The maximum Gasteiger partial charge on any atom is 0.260 e. The number of thioether (sulfide) groups is 1. The number of benzene rings is 1. The molecule has 1 N–H and O–H groups in total. The number of carbonyl (C=O) groups is 1. The van der Waals surface area contributed by atoms with E-state index in [1.807, 2.05) is 11.9 Å². The number of hydrogen-bond donors (Lipinski definition) is 1. The SMILES string of the molecule is CN(C(=O)CSc1nc2sc3c(c2c(=O)[nH]1)CCCC3)C1CCCc2ccccc21. The fourth-order valence-electron chi connectivity index (χ4n) is 4.75. The van der Waals surface area contributed by atoms with E-state index in [-0.39, 0.29) is 23.3 Å². The summed E-state index contributed by atoms with van der Waals surface area (Å²) < 4.78 is 0. The van der Waals surface area contributed by atoms with Crippen molar-refractivity contribution in [1.29, 1.82) is 0 Å². The molecule has 30 heavy (non-hydrogen) atoms. The number of nitrogens with zero attached hydrogens (tertiary/aromatic N) is 2. The number of aromatic nitrogens is 2. The molecule has 1 atom stereocenters. The summed E-state index contributed by atoms with van der Waals surface area (Å²) in [5, 5.41) is 1.30. The van der Waals surface area contributed by atoms with Crippen molar-refractivity contribution in [2.24, 2.45) is 0 Å². The van der Waals surface area contributed by atoms with Gasteiger partial charge in [-0.25, -0.2) is 4.98 Å². The molecule has 2 heterocycles. The van der Waals surface area contributed by atoms with Gasteiger partial charge in [0.25, 0.3) is 5.56 Å². The first-order valence-electron chi connectivity index (χ1n) is 10.6. The van der Waals surface area contributed by atoms with Crippen LogP contribution in [0.1, 0.15) is 53.3 Å². The molecule has 0 fully saturated rings. The normalized spacial score (nSPS) is 18.1. The van der Waals surface area contributed by atoms with Gasteiger partial charge in [-0.3, -0.25) is 9.59 Å². The molecule has 2 aromatic heterocycles. The number of aryl methyl sites for hydroxylation is 3. The first-order valence-corrected chi connectivity index (χ1v) is 12.4. The van der Waals surface area contributed by atoms with E-state index in [1.165, 1.54) is 39.8 Å². The van der Waals surface area contributed by atoms with E-state index >= 15 is 0 Å². The van der Waals surface area contributed by atoms with Gasteiger partial charge < -0.3 is 9.88 Å². The van der Waals surface area contributed by atoms with E-state index in [9.17, 15) is 9.59 Å². The molecular formula is C23H25N3O2S2. The van der Waals surface area contributed by atoms with Crippen LogP contribution in [0.4, 0.5) is 0 Å². The molecule has 2 aliphatic carbocycles. The number of rotatable bonds is 4. The minimum atomic E-state index is -0.0658. The highest BCUT2D eigenvalue weighted by atomic mass is 32.2. The van der Waals surface area contributed by atoms with Crippen molar-refractivity contribution in [3.05, 3.63) is 56.2 Å². The van der Waals surface area contributed by atoms with Gasteiger partial charge in [0, 0.05) is 11.9 Å². The molecule has 1 unspecified atom stereocenters. The third-order valence-corrected chi connectivity index (χ3v) is 8.38. The van der Waals surface area contributed by atoms with Crippen LogP contribution in [0.3, 0.4) is 0 Å². The van der Waals surface area contributed by atoms with E-state index in [1.54, 1.807) is 11.3 Å². The van der Waals surface area contributed by atoms with Crippen LogP contribution >= 0.6 is 23.1 Å². The van der Waals surface area contributed by atoms with Gasteiger partial charge in [-0.15, -0.1) is 11.3 Å². The average Bonchev–Trinajstić information content (AvgIpc) is 3.15. The maximum atomic E-state index is 12.9. The average molecular weight is 440 g/mol. The largest absolute Gasteiger partial charge is 0.338 e. The summed E-state index contributed by atoms with van der Waals surface area (Å²) in [5.41, 5.74) is 3.74. The maximum absolute atomic E-state index is 12.9. The Kier molecular flexibility index (Phi) is 5.41. The van der Waals surface area contributed by atoms with Crippen molar-refractivity contribution in [1.82, 2.24) is 14.9 Å². The number of hydrogen-bond acceptors (Lipinski definition) is 5. The molecule has 5 nitrogen and oxygen atoms in total. The molecule has 1 amide bonds. The molecule has 156 valence electrons. The molecule has 0 saturated heterocycles. The summed E-state index contributed by atoms with van der Waals surface area (Å²) in [6.07, 6.45) is 7.51. The molecule has 7 heteroatoms. The van der Waals surface area contributed by atoms with E-state index in [0.717, 1.165) is 48.7 Å². The lowest BCUT2D eigenvalue weighted by Crippen LogP contribution is -2.34. The molecule has 1 aromatic carbocycles. The summed E-state index contributed by atoms with van der Waals surface area (Å²) in [4.78, 5) is 37.2. The van der Waals surface area contributed by atoms with Gasteiger partial charge in [0.05, 0.1) is 17.2 Å². The zero-order valence-corrected chi connectivity index (χ0v) is 18.7. The number of thiophene rings is 1. The van der Waals surface area contributed by atoms with Crippen LogP contribution in [0, 0.1) is 0 Å². The second kappa shape index (κ2) is 8.19. The highest BCUT2D eigenvalue weighted by molar-refractivity contribution is 7.99. The van der Waals surface area contributed by atoms with Crippen molar-refractivity contribution in [3.63, 3.8) is 0 Å². The molecule has 5 rings (SSSR count). The summed E-state index contributed by atoms with van der Waals surface area (Å²) >= 11 is 2.97. The second-order valence-electron chi connectivity index (χ2n) is 8.16. The van der Waals surface area contributed by atoms with Crippen LogP contribution in [0.25, 0.3) is 10.2 Å². The van der Waals surface area contributed by atoms with Gasteiger partial charge in [0.2, 0.25) is 5.91 Å². The topological polar surface area (TPSA) is 66.1 Å². The standard InChI is InChI=1S/C23H25N3O2S2/c1-26(17-11-6-8-14-7-2-3-9-15(14)17)19(27)13-29-23-24-21(28)20-16-10-4-5-12-18(16)30-22(20)25-23/h2-3,7,9,17H,4-6,8,10-13H2,1H3,(H,24,25,28). The quantitative estimate of drug-likeness (QED) is 0.480. The molecule has 0 radical (unpaired) electrons. The monoisotopic (exact) mass is 439 g/mol. The van der Waals surface area contributed by atoms with Crippen molar-refractivity contribution < 1.29 is 4.79 Å². The number of H-pyrrole nitrogens is 1. The Morgan fingerprint density at radius 3 is 2.97 bits per heavy atom. The number of aromatic amines is 1. The van der Waals surface area contributed by atoms with Crippen molar-refractivity contribution in [2.75, 3.05) is 12.8 Å². The zero-order chi connectivity index (χ0) is 20.7. The first kappa shape index (κ1) is 19.8. The molecular weight excluding hydrogens is 414 g/mol. The fourth-order valence-corrected chi connectivity index (χ4v) is 6.85. The van der Waals surface area contributed by atoms with E-state index in [0.29, 0.717) is 5.16 Å². The second-order valence-corrected chi connectivity index (χ2v) is 10.2. The Bertz CT molecular complexity index is 1170. The lowest BCUT2D eigenvalue weighted by Gasteiger charge is -2.33. The van der Waals surface area contributed by atoms with Crippen molar-refractivity contribution >= 4 is 39.2 Å². The predicted molar refractivity (Wildman–Crippen MR) is 122 cm³/mol. The van der Waals surface area contributed by atoms with Crippen molar-refractivity contribution in [3.8, 4) is 0 Å². The van der Waals surface area contributed by atoms with Crippen molar-refractivity contribution in [2.45, 2.75) is 56.1 Å². The van der Waals surface area contributed by atoms with Crippen LogP contribution in [-0.4, -0.2) is 33.6 Å². The molecule has 3 aromatic rings. The first-order chi connectivity index (χ1) is 14.6. The highest BCUT2D eigenvalue weighted by Crippen LogP contribution is 2.35. The van der Waals surface area contributed by atoms with Crippen LogP contribution in [0.5, 0.6) is 0 Å². The van der Waals surface area contributed by atoms with Crippen LogP contribution in [0.2, 0.25) is 0 Å². The number of carbonyl (C=O) groups excluding carboxylic acids is 1. The van der Waals surface area contributed by atoms with Gasteiger partial charge in [0.15, 0.2) is 5.16 Å². The summed E-state index contributed by atoms with van der Waals surface area (Å²) in [7, 11) is 1.89. The van der Waals surface area contributed by atoms with Crippen LogP contribution in [-0.2, 0) is 24.1 Å². The summed E-state index contributed by atoms with van der Waals surface area (Å²) in [6.45, 7) is 0. The lowest BCUT2D eigenvalue weighted by molar-refractivity contribution is -0.129. The summed E-state index contributed by atoms with van der Waals surface area (Å²) in [6, 6.07) is 8.55. The zero-order valence-electron chi connectivity index (χ0n) is 17.1. The minimum Gasteiger partial charge on any atom is -0.338 e. The number of nitrogens with one attached hydrogen (secondary N) is 1. The highest BCUT2D eigenvalue weighted by Gasteiger charge is 2.27. The Morgan fingerprint density at radius 2 is 2.07 bits per heavy atom. The van der Waals surface area contributed by atoms with Gasteiger partial charge in [-0.2, -0.15) is 0 Å². The Balaban J connectivity index is 1.32. The van der Waals surface area contributed by atoms with E-state index in [4.69, 9.17) is 0 Å². The third-order valence-electron chi connectivity index (χ3n) is 6.33. The molecule has 0 saturated carbocycles. The van der Waals surface area contributed by atoms with Gasteiger partial charge in [0.1, 0.15) is 4.83 Å². The lowest BCUT2D eigenvalue weighted by atomic mass is 9.87. The molecule has 0 aliphatic heterocycles. The fraction of sp³-hybridized carbons (Fsp3) is 0.435. The Hall–Kier alpha value is -2.12. The van der Waals surface area contributed by atoms with Gasteiger partial charge in [-0.1, -0.05) is 36.0 Å². The predicted octanol–water partition coefficient (Wildman–Crippen LogP) is 4.49. The van der Waals surface area contributed by atoms with Gasteiger partial charge >= 0.3 is 0 Å². The van der Waals surface area contributed by atoms with E-state index < -0.39 is 0 Å². The van der Waals surface area contributed by atoms with E-state index in [2.05, 4.69) is 34.2 Å². The Morgan fingerprint density at radius 1 is 1.23 bits per heavy atom. The minimum absolute atomic E-state index is 0.0647. The third kappa shape index (κ3) is 3.58. The number of amides is 1. The smallest absolute Gasteiger partial charge is 0.260 e. The molecule has 0 spiro atoms. The summed E-state index contributed by atoms with van der Waals surface area (Å²) in [5.74, 6) is 0.337. The Labute approximate surface area is 183 Å². The van der Waals surface area contributed by atoms with Crippen LogP contribution < -0.4 is 5.56 Å². The number of fused-ring (bicyclic) bond motifs is 4. The van der Waals surface area contributed by atoms with Gasteiger partial charge in [-0.05, 0) is 61.6 Å². The molecule has 2 aliphatic rings.